The van der Waals surface area contributed by atoms with Crippen molar-refractivity contribution in [2.75, 3.05) is 5.32 Å². The fourth-order valence-electron chi connectivity index (χ4n) is 1.25. The number of nitrogens with two attached hydrogens (primary N) is 1. The Morgan fingerprint density at radius 1 is 1.54 bits per heavy atom. The van der Waals surface area contributed by atoms with Gasteiger partial charge in [0.05, 0.1) is 0 Å². The Balaban J connectivity index is 2.16. The van der Waals surface area contributed by atoms with E-state index in [1.807, 2.05) is 12.1 Å². The number of carbonyl (C=O) groups excluding carboxylic acids is 1. The van der Waals surface area contributed by atoms with Gasteiger partial charge < -0.3 is 5.73 Å². The van der Waals surface area contributed by atoms with Crippen LogP contribution in [0.2, 0.25) is 0 Å². The zero-order valence-electron chi connectivity index (χ0n) is 7.16. The Bertz CT molecular complexity index is 333. The van der Waals surface area contributed by atoms with Crippen molar-refractivity contribution in [3.8, 4) is 0 Å². The van der Waals surface area contributed by atoms with E-state index < -0.39 is 6.03 Å². The van der Waals surface area contributed by atoms with Crippen LogP contribution in [-0.4, -0.2) is 11.0 Å². The van der Waals surface area contributed by atoms with E-state index in [0.717, 1.165) is 5.69 Å². The van der Waals surface area contributed by atoms with Crippen LogP contribution >= 0.6 is 0 Å². The SMILES string of the molecule is NC(=O)Nc1cccc(C2CC2)n1. The van der Waals surface area contributed by atoms with Gasteiger partial charge >= 0.3 is 6.03 Å². The number of nitrogens with one attached hydrogen (secondary N) is 1. The first kappa shape index (κ1) is 8.04. The van der Waals surface area contributed by atoms with Crippen LogP contribution in [-0.2, 0) is 0 Å². The van der Waals surface area contributed by atoms with Gasteiger partial charge in [-0.3, -0.25) is 5.32 Å². The van der Waals surface area contributed by atoms with Gasteiger partial charge in [0.25, 0.3) is 0 Å². The van der Waals surface area contributed by atoms with E-state index in [2.05, 4.69) is 10.3 Å². The molecule has 0 atom stereocenters. The van der Waals surface area contributed by atoms with Crippen LogP contribution in [0, 0.1) is 0 Å². The lowest BCUT2D eigenvalue weighted by Gasteiger charge is -2.02. The van der Waals surface area contributed by atoms with Gasteiger partial charge in [0, 0.05) is 11.6 Å². The molecule has 0 unspecified atom stereocenters. The number of amides is 2. The summed E-state index contributed by atoms with van der Waals surface area (Å²) in [4.78, 5) is 14.8. The van der Waals surface area contributed by atoms with E-state index in [0.29, 0.717) is 11.7 Å². The Hall–Kier alpha value is -1.58. The molecule has 0 saturated heterocycles. The Labute approximate surface area is 76.2 Å². The van der Waals surface area contributed by atoms with Crippen molar-refractivity contribution in [1.29, 1.82) is 0 Å². The highest BCUT2D eigenvalue weighted by atomic mass is 16.2. The molecule has 0 spiro atoms. The van der Waals surface area contributed by atoms with Gasteiger partial charge in [-0.2, -0.15) is 0 Å². The number of primary amides is 1. The van der Waals surface area contributed by atoms with Crippen LogP contribution in [0.5, 0.6) is 0 Å². The summed E-state index contributed by atoms with van der Waals surface area (Å²) in [5.74, 6) is 1.13. The maximum atomic E-state index is 10.5. The van der Waals surface area contributed by atoms with Crippen molar-refractivity contribution in [2.45, 2.75) is 18.8 Å². The number of rotatable bonds is 2. The molecule has 0 bridgehead atoms. The smallest absolute Gasteiger partial charge is 0.317 e. The summed E-state index contributed by atoms with van der Waals surface area (Å²) in [6.07, 6.45) is 2.40. The quantitative estimate of drug-likeness (QED) is 0.717. The first-order valence-corrected chi connectivity index (χ1v) is 4.29. The van der Waals surface area contributed by atoms with Crippen LogP contribution in [0.3, 0.4) is 0 Å². The fourth-order valence-corrected chi connectivity index (χ4v) is 1.25. The monoisotopic (exact) mass is 177 g/mol. The lowest BCUT2D eigenvalue weighted by molar-refractivity contribution is 0.259. The van der Waals surface area contributed by atoms with Gasteiger partial charge in [0.15, 0.2) is 0 Å². The molecule has 1 heterocycles. The van der Waals surface area contributed by atoms with Crippen molar-refractivity contribution in [3.05, 3.63) is 23.9 Å². The van der Waals surface area contributed by atoms with Gasteiger partial charge in [0.2, 0.25) is 0 Å². The number of carbonyl (C=O) groups is 1. The standard InChI is InChI=1S/C9H11N3O/c10-9(13)12-8-3-1-2-7(11-8)6-4-5-6/h1-3,6H,4-5H2,(H3,10,11,12,13). The zero-order valence-corrected chi connectivity index (χ0v) is 7.16. The largest absolute Gasteiger partial charge is 0.351 e. The molecular formula is C9H11N3O. The second-order valence-electron chi connectivity index (χ2n) is 3.21. The highest BCUT2D eigenvalue weighted by Crippen LogP contribution is 2.39. The van der Waals surface area contributed by atoms with E-state index in [1.54, 1.807) is 6.07 Å². The number of aromatic nitrogens is 1. The molecule has 0 aromatic carbocycles. The van der Waals surface area contributed by atoms with Gasteiger partial charge in [-0.25, -0.2) is 9.78 Å². The molecule has 1 fully saturated rings. The van der Waals surface area contributed by atoms with Crippen LogP contribution in [0.15, 0.2) is 18.2 Å². The van der Waals surface area contributed by atoms with Gasteiger partial charge in [-0.1, -0.05) is 6.07 Å². The average Bonchev–Trinajstić information content (AvgIpc) is 2.85. The fraction of sp³-hybridized carbons (Fsp3) is 0.333. The summed E-state index contributed by atoms with van der Waals surface area (Å²) in [5.41, 5.74) is 6.02. The maximum Gasteiger partial charge on any atom is 0.317 e. The van der Waals surface area contributed by atoms with Crippen molar-refractivity contribution in [1.82, 2.24) is 4.98 Å². The summed E-state index contributed by atoms with van der Waals surface area (Å²) in [6.45, 7) is 0. The summed E-state index contributed by atoms with van der Waals surface area (Å²) < 4.78 is 0. The molecule has 2 rings (SSSR count). The molecular weight excluding hydrogens is 166 g/mol. The highest BCUT2D eigenvalue weighted by Gasteiger charge is 2.24. The van der Waals surface area contributed by atoms with Crippen molar-refractivity contribution < 1.29 is 4.79 Å². The van der Waals surface area contributed by atoms with E-state index in [1.165, 1.54) is 12.8 Å². The first-order chi connectivity index (χ1) is 6.25. The molecule has 4 nitrogen and oxygen atoms in total. The third-order valence-electron chi connectivity index (χ3n) is 2.02. The predicted molar refractivity (Wildman–Crippen MR) is 49.4 cm³/mol. The zero-order chi connectivity index (χ0) is 9.26. The predicted octanol–water partition coefficient (Wildman–Crippen LogP) is 1.45. The maximum absolute atomic E-state index is 10.5. The third kappa shape index (κ3) is 1.96. The summed E-state index contributed by atoms with van der Waals surface area (Å²) in [7, 11) is 0. The molecule has 2 amide bonds. The lowest BCUT2D eigenvalue weighted by atomic mass is 10.2. The minimum atomic E-state index is -0.569. The van der Waals surface area contributed by atoms with Crippen LogP contribution < -0.4 is 11.1 Å². The van der Waals surface area contributed by atoms with E-state index in [4.69, 9.17) is 5.73 Å². The first-order valence-electron chi connectivity index (χ1n) is 4.29. The third-order valence-corrected chi connectivity index (χ3v) is 2.02. The number of nitrogens with zero attached hydrogens (tertiary/aromatic N) is 1. The summed E-state index contributed by atoms with van der Waals surface area (Å²) in [5, 5.41) is 2.46. The van der Waals surface area contributed by atoms with Crippen LogP contribution in [0.4, 0.5) is 10.6 Å². The highest BCUT2D eigenvalue weighted by molar-refractivity contribution is 5.86. The number of hydrogen-bond acceptors (Lipinski definition) is 2. The molecule has 68 valence electrons. The molecule has 13 heavy (non-hydrogen) atoms. The molecule has 1 saturated carbocycles. The molecule has 4 heteroatoms. The summed E-state index contributed by atoms with van der Waals surface area (Å²) >= 11 is 0. The Morgan fingerprint density at radius 3 is 2.92 bits per heavy atom. The summed E-state index contributed by atoms with van der Waals surface area (Å²) in [6, 6.07) is 5.02. The molecule has 1 aliphatic carbocycles. The number of pyridine rings is 1. The molecule has 3 N–H and O–H groups in total. The molecule has 0 radical (unpaired) electrons. The normalized spacial score (nSPS) is 15.4. The van der Waals surface area contributed by atoms with E-state index in [9.17, 15) is 4.79 Å². The minimum absolute atomic E-state index is 0.539. The molecule has 0 aliphatic heterocycles. The number of anilines is 1. The van der Waals surface area contributed by atoms with Gasteiger partial charge in [-0.05, 0) is 25.0 Å². The Kier molecular flexibility index (Phi) is 1.88. The Morgan fingerprint density at radius 2 is 2.31 bits per heavy atom. The van der Waals surface area contributed by atoms with Crippen LogP contribution in [0.1, 0.15) is 24.5 Å². The van der Waals surface area contributed by atoms with Crippen molar-refractivity contribution >= 4 is 11.8 Å². The van der Waals surface area contributed by atoms with E-state index >= 15 is 0 Å². The topological polar surface area (TPSA) is 68.0 Å². The molecule has 1 aromatic heterocycles. The van der Waals surface area contributed by atoms with Crippen molar-refractivity contribution in [2.24, 2.45) is 5.73 Å². The second kappa shape index (κ2) is 3.05. The molecule has 1 aliphatic rings. The van der Waals surface area contributed by atoms with Crippen LogP contribution in [0.25, 0.3) is 0 Å². The molecule has 1 aromatic rings. The average molecular weight is 177 g/mol. The number of urea groups is 1. The lowest BCUT2D eigenvalue weighted by Crippen LogP contribution is -2.20. The number of hydrogen-bond donors (Lipinski definition) is 2. The second-order valence-corrected chi connectivity index (χ2v) is 3.21. The van der Waals surface area contributed by atoms with E-state index in [-0.39, 0.29) is 0 Å². The minimum Gasteiger partial charge on any atom is -0.351 e. The van der Waals surface area contributed by atoms with Gasteiger partial charge in [-0.15, -0.1) is 0 Å². The van der Waals surface area contributed by atoms with Gasteiger partial charge in [0.1, 0.15) is 5.82 Å². The van der Waals surface area contributed by atoms with Crippen molar-refractivity contribution in [3.63, 3.8) is 0 Å².